The second-order valence-corrected chi connectivity index (χ2v) is 5.10. The van der Waals surface area contributed by atoms with Crippen LogP contribution in [0.4, 0.5) is 0 Å². The minimum Gasteiger partial charge on any atom is -0.508 e. The molecule has 0 fully saturated rings. The highest BCUT2D eigenvalue weighted by molar-refractivity contribution is 5.91. The van der Waals surface area contributed by atoms with Crippen molar-refractivity contribution in [1.29, 1.82) is 0 Å². The van der Waals surface area contributed by atoms with Crippen LogP contribution in [0.15, 0.2) is 52.1 Å². The Balaban J connectivity index is 1.66. The Bertz CT molecular complexity index is 950. The summed E-state index contributed by atoms with van der Waals surface area (Å²) in [4.78, 5) is 16.0. The summed E-state index contributed by atoms with van der Waals surface area (Å²) >= 11 is 0. The predicted molar refractivity (Wildman–Crippen MR) is 91.1 cm³/mol. The number of amides is 1. The predicted octanol–water partition coefficient (Wildman–Crippen LogP) is 1.92. The number of phenolic OH excluding ortho intramolecular Hbond substituents is 2. The minimum absolute atomic E-state index is 0.00121. The van der Waals surface area contributed by atoms with E-state index in [9.17, 15) is 15.0 Å². The lowest BCUT2D eigenvalue weighted by Gasteiger charge is -2.03. The molecule has 0 bridgehead atoms. The fourth-order valence-corrected chi connectivity index (χ4v) is 2.03. The number of aromatic nitrogens is 2. The van der Waals surface area contributed by atoms with Gasteiger partial charge in [0.1, 0.15) is 5.75 Å². The third kappa shape index (κ3) is 3.78. The molecule has 1 heterocycles. The maximum atomic E-state index is 12.0. The van der Waals surface area contributed by atoms with Gasteiger partial charge in [-0.3, -0.25) is 4.79 Å². The topological polar surface area (TPSA) is 130 Å². The van der Waals surface area contributed by atoms with Gasteiger partial charge in [0.05, 0.1) is 13.3 Å². The van der Waals surface area contributed by atoms with E-state index in [1.807, 2.05) is 0 Å². The zero-order valence-electron chi connectivity index (χ0n) is 13.6. The number of nitrogens with one attached hydrogen (secondary N) is 1. The molecule has 0 aliphatic rings. The first-order valence-corrected chi connectivity index (χ1v) is 7.40. The number of carbonyl (C=O) groups excluding carboxylic acids is 1. The Labute approximate surface area is 147 Å². The zero-order valence-corrected chi connectivity index (χ0v) is 13.6. The van der Waals surface area contributed by atoms with Crippen LogP contribution < -0.4 is 10.2 Å². The number of rotatable bonds is 5. The van der Waals surface area contributed by atoms with Crippen molar-refractivity contribution < 1.29 is 24.3 Å². The summed E-state index contributed by atoms with van der Waals surface area (Å²) in [6.45, 7) is 0. The molecule has 1 amide bonds. The van der Waals surface area contributed by atoms with Gasteiger partial charge in [-0.1, -0.05) is 5.16 Å². The summed E-state index contributed by atoms with van der Waals surface area (Å²) in [7, 11) is 1.43. The number of aromatic hydroxyl groups is 2. The maximum absolute atomic E-state index is 12.0. The summed E-state index contributed by atoms with van der Waals surface area (Å²) < 4.78 is 9.89. The van der Waals surface area contributed by atoms with E-state index in [-0.39, 0.29) is 29.0 Å². The Morgan fingerprint density at radius 3 is 2.73 bits per heavy atom. The van der Waals surface area contributed by atoms with Crippen molar-refractivity contribution in [2.24, 2.45) is 5.10 Å². The fraction of sp³-hybridized carbons (Fsp3) is 0.0588. The van der Waals surface area contributed by atoms with E-state index in [1.165, 1.54) is 31.5 Å². The lowest BCUT2D eigenvalue weighted by Crippen LogP contribution is -2.18. The van der Waals surface area contributed by atoms with Crippen molar-refractivity contribution in [3.63, 3.8) is 0 Å². The first-order valence-electron chi connectivity index (χ1n) is 7.40. The van der Waals surface area contributed by atoms with E-state index in [1.54, 1.807) is 24.3 Å². The van der Waals surface area contributed by atoms with E-state index in [0.29, 0.717) is 11.1 Å². The summed E-state index contributed by atoms with van der Waals surface area (Å²) in [6, 6.07) is 10.7. The number of nitrogens with zero attached hydrogens (tertiary/aromatic N) is 3. The molecule has 3 aromatic rings. The lowest BCUT2D eigenvalue weighted by molar-refractivity contribution is 0.0911. The van der Waals surface area contributed by atoms with Crippen molar-refractivity contribution in [3.8, 4) is 28.6 Å². The van der Waals surface area contributed by atoms with Crippen LogP contribution >= 0.6 is 0 Å². The van der Waals surface area contributed by atoms with Gasteiger partial charge in [-0.05, 0) is 48.0 Å². The van der Waals surface area contributed by atoms with E-state index in [0.717, 1.165) is 0 Å². The molecular formula is C17H14N4O5. The molecule has 0 aliphatic heterocycles. The Morgan fingerprint density at radius 1 is 1.23 bits per heavy atom. The minimum atomic E-state index is -0.676. The largest absolute Gasteiger partial charge is 0.508 e. The van der Waals surface area contributed by atoms with E-state index in [2.05, 4.69) is 20.7 Å². The third-order valence-electron chi connectivity index (χ3n) is 3.33. The SMILES string of the molecule is COc1cc(/C=N/NC(=O)c2nc(-c3ccc(O)cc3)no2)ccc1O. The summed E-state index contributed by atoms with van der Waals surface area (Å²) in [5.41, 5.74) is 3.46. The van der Waals surface area contributed by atoms with Crippen LogP contribution in [0.5, 0.6) is 17.2 Å². The van der Waals surface area contributed by atoms with Gasteiger partial charge in [0.15, 0.2) is 11.5 Å². The number of phenols is 2. The van der Waals surface area contributed by atoms with Crippen LogP contribution in [0, 0.1) is 0 Å². The molecule has 0 saturated carbocycles. The van der Waals surface area contributed by atoms with E-state index < -0.39 is 5.91 Å². The third-order valence-corrected chi connectivity index (χ3v) is 3.33. The standard InChI is InChI=1S/C17H14N4O5/c1-25-14-8-10(2-7-13(14)23)9-18-20-16(24)17-19-15(21-26-17)11-3-5-12(22)6-4-11/h2-9,22-23H,1H3,(H,20,24)/b18-9+. The molecule has 9 nitrogen and oxygen atoms in total. The van der Waals surface area contributed by atoms with Crippen molar-refractivity contribution in [3.05, 3.63) is 53.9 Å². The highest BCUT2D eigenvalue weighted by Gasteiger charge is 2.15. The van der Waals surface area contributed by atoms with Crippen molar-refractivity contribution >= 4 is 12.1 Å². The molecule has 132 valence electrons. The van der Waals surface area contributed by atoms with Gasteiger partial charge in [-0.25, -0.2) is 5.43 Å². The molecular weight excluding hydrogens is 340 g/mol. The summed E-state index contributed by atoms with van der Waals surface area (Å²) in [5.74, 6) is -0.326. The van der Waals surface area contributed by atoms with E-state index in [4.69, 9.17) is 9.26 Å². The number of hydrogen-bond acceptors (Lipinski definition) is 8. The average Bonchev–Trinajstić information content (AvgIpc) is 3.14. The second-order valence-electron chi connectivity index (χ2n) is 5.10. The smallest absolute Gasteiger partial charge is 0.329 e. The number of methoxy groups -OCH3 is 1. The number of carbonyl (C=O) groups is 1. The van der Waals surface area contributed by atoms with Crippen LogP contribution in [0.1, 0.15) is 16.2 Å². The summed E-state index contributed by atoms with van der Waals surface area (Å²) in [6.07, 6.45) is 1.37. The number of benzene rings is 2. The van der Waals surface area contributed by atoms with Crippen molar-refractivity contribution in [2.75, 3.05) is 7.11 Å². The van der Waals surface area contributed by atoms with Gasteiger partial charge in [0.2, 0.25) is 5.82 Å². The monoisotopic (exact) mass is 354 g/mol. The number of hydrazone groups is 1. The number of hydrogen-bond donors (Lipinski definition) is 3. The second kappa shape index (κ2) is 7.34. The van der Waals surface area contributed by atoms with E-state index >= 15 is 0 Å². The van der Waals surface area contributed by atoms with Crippen LogP contribution in [0.3, 0.4) is 0 Å². The zero-order chi connectivity index (χ0) is 18.5. The highest BCUT2D eigenvalue weighted by Crippen LogP contribution is 2.25. The summed E-state index contributed by atoms with van der Waals surface area (Å²) in [5, 5.41) is 26.3. The molecule has 0 saturated heterocycles. The van der Waals surface area contributed by atoms with Gasteiger partial charge in [-0.2, -0.15) is 10.1 Å². The van der Waals surface area contributed by atoms with Gasteiger partial charge in [-0.15, -0.1) is 0 Å². The van der Waals surface area contributed by atoms with Crippen LogP contribution in [-0.4, -0.2) is 39.6 Å². The molecule has 2 aromatic carbocycles. The highest BCUT2D eigenvalue weighted by atomic mass is 16.5. The molecule has 0 unspecified atom stereocenters. The average molecular weight is 354 g/mol. The normalized spacial score (nSPS) is 10.8. The number of ether oxygens (including phenoxy) is 1. The molecule has 0 atom stereocenters. The molecule has 3 N–H and O–H groups in total. The molecule has 1 aromatic heterocycles. The van der Waals surface area contributed by atoms with Gasteiger partial charge >= 0.3 is 11.8 Å². The fourth-order valence-electron chi connectivity index (χ4n) is 2.03. The molecule has 0 aliphatic carbocycles. The molecule has 9 heteroatoms. The Morgan fingerprint density at radius 2 is 2.00 bits per heavy atom. The van der Waals surface area contributed by atoms with Crippen LogP contribution in [0.2, 0.25) is 0 Å². The van der Waals surface area contributed by atoms with Crippen LogP contribution in [-0.2, 0) is 0 Å². The van der Waals surface area contributed by atoms with Crippen molar-refractivity contribution in [1.82, 2.24) is 15.6 Å². The van der Waals surface area contributed by atoms with Gasteiger partial charge in [0, 0.05) is 5.56 Å². The van der Waals surface area contributed by atoms with Gasteiger partial charge in [0.25, 0.3) is 0 Å². The quantitative estimate of drug-likeness (QED) is 0.471. The van der Waals surface area contributed by atoms with Crippen LogP contribution in [0.25, 0.3) is 11.4 Å². The first kappa shape index (κ1) is 17.0. The maximum Gasteiger partial charge on any atom is 0.329 e. The molecule has 0 radical (unpaired) electrons. The Kier molecular flexibility index (Phi) is 4.79. The lowest BCUT2D eigenvalue weighted by atomic mass is 10.2. The first-order chi connectivity index (χ1) is 12.6. The molecule has 26 heavy (non-hydrogen) atoms. The molecule has 3 rings (SSSR count). The van der Waals surface area contributed by atoms with Gasteiger partial charge < -0.3 is 19.5 Å². The Hall–Kier alpha value is -3.88. The van der Waals surface area contributed by atoms with Crippen molar-refractivity contribution in [2.45, 2.75) is 0 Å². The molecule has 0 spiro atoms.